The molecule has 4 nitrogen and oxygen atoms in total. The molecule has 112 valence electrons. The van der Waals surface area contributed by atoms with E-state index in [2.05, 4.69) is 4.98 Å². The van der Waals surface area contributed by atoms with Crippen LogP contribution in [0, 0.1) is 13.8 Å². The number of aliphatic hydroxyl groups is 1. The van der Waals surface area contributed by atoms with Crippen LogP contribution >= 0.6 is 11.8 Å². The lowest BCUT2D eigenvalue weighted by Crippen LogP contribution is -2.20. The van der Waals surface area contributed by atoms with Crippen LogP contribution in [0.5, 0.6) is 0 Å². The number of rotatable bonds is 2. The quantitative estimate of drug-likeness (QED) is 0.917. The van der Waals surface area contributed by atoms with E-state index >= 15 is 0 Å². The van der Waals surface area contributed by atoms with Gasteiger partial charge in [0, 0.05) is 5.39 Å². The number of nitrogens with zero attached hydrogens (tertiary/aromatic N) is 1. The van der Waals surface area contributed by atoms with Crippen molar-refractivity contribution in [3.63, 3.8) is 0 Å². The third kappa shape index (κ3) is 2.93. The lowest BCUT2D eigenvalue weighted by molar-refractivity contribution is 0.207. The molecule has 0 unspecified atom stereocenters. The van der Waals surface area contributed by atoms with Gasteiger partial charge >= 0.3 is 0 Å². The first-order chi connectivity index (χ1) is 9.85. The van der Waals surface area contributed by atoms with E-state index in [9.17, 15) is 13.5 Å². The monoisotopic (exact) mass is 323 g/mol. The third-order valence-corrected chi connectivity index (χ3v) is 6.93. The summed E-state index contributed by atoms with van der Waals surface area (Å²) >= 11 is 1.36. The van der Waals surface area contributed by atoms with Crippen LogP contribution in [0.4, 0.5) is 0 Å². The Kier molecular flexibility index (Phi) is 3.71. The van der Waals surface area contributed by atoms with E-state index in [0.29, 0.717) is 0 Å². The van der Waals surface area contributed by atoms with Gasteiger partial charge in [0.2, 0.25) is 0 Å². The van der Waals surface area contributed by atoms with Crippen LogP contribution in [-0.2, 0) is 9.84 Å². The molecule has 0 saturated carbocycles. The van der Waals surface area contributed by atoms with Crippen molar-refractivity contribution in [2.24, 2.45) is 0 Å². The second-order valence-electron chi connectivity index (χ2n) is 5.55. The van der Waals surface area contributed by atoms with Gasteiger partial charge in [-0.3, -0.25) is 0 Å². The summed E-state index contributed by atoms with van der Waals surface area (Å²) in [5, 5.41) is 11.4. The molecule has 0 aliphatic carbocycles. The van der Waals surface area contributed by atoms with Gasteiger partial charge in [-0.1, -0.05) is 30.0 Å². The number of benzene rings is 1. The van der Waals surface area contributed by atoms with E-state index in [1.165, 1.54) is 11.8 Å². The summed E-state index contributed by atoms with van der Waals surface area (Å²) in [6, 6.07) is 8.02. The van der Waals surface area contributed by atoms with Crippen LogP contribution in [0.25, 0.3) is 10.9 Å². The van der Waals surface area contributed by atoms with Gasteiger partial charge in [0.15, 0.2) is 9.84 Å². The van der Waals surface area contributed by atoms with Crippen molar-refractivity contribution in [1.29, 1.82) is 0 Å². The molecule has 1 N–H and O–H groups in total. The van der Waals surface area contributed by atoms with E-state index in [-0.39, 0.29) is 16.8 Å². The smallest absolute Gasteiger partial charge is 0.154 e. The minimum absolute atomic E-state index is 0.0192. The number of aromatic nitrogens is 1. The van der Waals surface area contributed by atoms with Crippen LogP contribution in [0.3, 0.4) is 0 Å². The first-order valence-electron chi connectivity index (χ1n) is 6.78. The zero-order chi connectivity index (χ0) is 15.2. The Morgan fingerprint density at radius 2 is 2.00 bits per heavy atom. The van der Waals surface area contributed by atoms with Crippen molar-refractivity contribution < 1.29 is 13.5 Å². The summed E-state index contributed by atoms with van der Waals surface area (Å²) in [5.41, 5.74) is 3.15. The molecule has 1 aromatic heterocycles. The normalized spacial score (nSPS) is 24.5. The maximum absolute atomic E-state index is 11.6. The summed E-state index contributed by atoms with van der Waals surface area (Å²) in [5.74, 6) is -0.123. The van der Waals surface area contributed by atoms with Gasteiger partial charge in [-0.15, -0.1) is 0 Å². The van der Waals surface area contributed by atoms with Crippen molar-refractivity contribution in [3.8, 4) is 0 Å². The molecule has 1 aliphatic rings. The highest BCUT2D eigenvalue weighted by Crippen LogP contribution is 2.32. The van der Waals surface area contributed by atoms with Crippen molar-refractivity contribution >= 4 is 32.5 Å². The Morgan fingerprint density at radius 1 is 1.24 bits per heavy atom. The van der Waals surface area contributed by atoms with Crippen LogP contribution < -0.4 is 0 Å². The fourth-order valence-corrected chi connectivity index (χ4v) is 6.24. The predicted octanol–water partition coefficient (Wildman–Crippen LogP) is 2.10. The van der Waals surface area contributed by atoms with Crippen LogP contribution in [0.2, 0.25) is 0 Å². The Hall–Kier alpha value is -1.11. The molecule has 6 heteroatoms. The zero-order valence-electron chi connectivity index (χ0n) is 11.9. The average Bonchev–Trinajstić information content (AvgIpc) is 2.64. The van der Waals surface area contributed by atoms with E-state index in [4.69, 9.17) is 0 Å². The summed E-state index contributed by atoms with van der Waals surface area (Å²) in [6.45, 7) is 4.04. The topological polar surface area (TPSA) is 67.3 Å². The van der Waals surface area contributed by atoms with Crippen molar-refractivity contribution in [3.05, 3.63) is 35.4 Å². The first-order valence-corrected chi connectivity index (χ1v) is 9.48. The van der Waals surface area contributed by atoms with Gasteiger partial charge in [-0.25, -0.2) is 13.4 Å². The molecule has 0 spiro atoms. The molecular weight excluding hydrogens is 306 g/mol. The van der Waals surface area contributed by atoms with Gasteiger partial charge in [0.25, 0.3) is 0 Å². The minimum Gasteiger partial charge on any atom is -0.391 e. The Balaban J connectivity index is 1.97. The molecule has 21 heavy (non-hydrogen) atoms. The standard InChI is InChI=1S/C15H17NO3S2/c1-9-4-3-5-11-10(2)6-14(16-15(9)11)20-13-8-21(18,19)7-12(13)17/h3-6,12-13,17H,7-8H2,1-2H3/t12-,13+/m0/s1. The second kappa shape index (κ2) is 5.26. The number of thioether (sulfide) groups is 1. The Morgan fingerprint density at radius 3 is 2.67 bits per heavy atom. The maximum atomic E-state index is 11.6. The molecular formula is C15H17NO3S2. The van der Waals surface area contributed by atoms with Crippen LogP contribution in [0.1, 0.15) is 11.1 Å². The highest BCUT2D eigenvalue weighted by Gasteiger charge is 2.37. The van der Waals surface area contributed by atoms with Crippen LogP contribution in [-0.4, -0.2) is 41.4 Å². The highest BCUT2D eigenvalue weighted by atomic mass is 32.2. The molecule has 1 aliphatic heterocycles. The van der Waals surface area contributed by atoms with Crippen molar-refractivity contribution in [1.82, 2.24) is 4.98 Å². The fraction of sp³-hybridized carbons (Fsp3) is 0.400. The zero-order valence-corrected chi connectivity index (χ0v) is 13.5. The number of aliphatic hydroxyl groups excluding tert-OH is 1. The number of aryl methyl sites for hydroxylation is 2. The first kappa shape index (κ1) is 14.8. The average molecular weight is 323 g/mol. The van der Waals surface area contributed by atoms with E-state index < -0.39 is 15.9 Å². The lowest BCUT2D eigenvalue weighted by Gasteiger charge is -2.13. The second-order valence-corrected chi connectivity index (χ2v) is 8.96. The molecule has 0 bridgehead atoms. The SMILES string of the molecule is Cc1cc(S[C@@H]2CS(=O)(=O)C[C@@H]2O)nc2c(C)cccc12. The number of hydrogen-bond donors (Lipinski definition) is 1. The lowest BCUT2D eigenvalue weighted by atomic mass is 10.1. The highest BCUT2D eigenvalue weighted by molar-refractivity contribution is 8.01. The van der Waals surface area contributed by atoms with Gasteiger partial charge in [0.05, 0.1) is 33.4 Å². The summed E-state index contributed by atoms with van der Waals surface area (Å²) in [6.07, 6.45) is -0.810. The van der Waals surface area contributed by atoms with Crippen LogP contribution in [0.15, 0.2) is 29.3 Å². The van der Waals surface area contributed by atoms with Crippen molar-refractivity contribution in [2.45, 2.75) is 30.2 Å². The predicted molar refractivity (Wildman–Crippen MR) is 85.5 cm³/mol. The summed E-state index contributed by atoms with van der Waals surface area (Å²) < 4.78 is 23.2. The van der Waals surface area contributed by atoms with E-state index in [0.717, 1.165) is 27.1 Å². The summed E-state index contributed by atoms with van der Waals surface area (Å²) in [7, 11) is -3.12. The van der Waals surface area contributed by atoms with Gasteiger partial charge in [-0.2, -0.15) is 0 Å². The van der Waals surface area contributed by atoms with E-state index in [1.807, 2.05) is 38.1 Å². The fourth-order valence-electron chi connectivity index (χ4n) is 2.66. The molecule has 1 aromatic carbocycles. The molecule has 3 rings (SSSR count). The van der Waals surface area contributed by atoms with Gasteiger partial charge < -0.3 is 5.11 Å². The number of sulfone groups is 1. The number of fused-ring (bicyclic) bond motifs is 1. The Labute approximate surface area is 128 Å². The molecule has 1 saturated heterocycles. The molecule has 1 fully saturated rings. The number of pyridine rings is 1. The molecule has 2 atom stereocenters. The van der Waals surface area contributed by atoms with Crippen molar-refractivity contribution in [2.75, 3.05) is 11.5 Å². The Bertz CT molecular complexity index is 802. The molecule has 0 radical (unpaired) electrons. The number of para-hydroxylation sites is 1. The summed E-state index contributed by atoms with van der Waals surface area (Å²) in [4.78, 5) is 4.64. The molecule has 2 heterocycles. The number of hydrogen-bond acceptors (Lipinski definition) is 5. The largest absolute Gasteiger partial charge is 0.391 e. The minimum atomic E-state index is -3.12. The van der Waals surface area contributed by atoms with E-state index in [1.54, 1.807) is 0 Å². The molecule has 2 aromatic rings. The molecule has 0 amide bonds. The maximum Gasteiger partial charge on any atom is 0.154 e. The third-order valence-electron chi connectivity index (χ3n) is 3.77. The van der Waals surface area contributed by atoms with Gasteiger partial charge in [0.1, 0.15) is 0 Å². The van der Waals surface area contributed by atoms with Gasteiger partial charge in [-0.05, 0) is 31.0 Å².